The molecular weight excluding hydrogens is 170 g/mol. The van der Waals surface area contributed by atoms with E-state index in [1.807, 2.05) is 30.5 Å². The van der Waals surface area contributed by atoms with E-state index >= 15 is 0 Å². The molecule has 74 valence electrons. The fourth-order valence-corrected chi connectivity index (χ4v) is 1.25. The maximum Gasteiger partial charge on any atom is 0.0635 e. The number of rotatable bonds is 5. The Bertz CT molecular complexity index is 287. The highest BCUT2D eigenvalue weighted by Gasteiger charge is 1.92. The van der Waals surface area contributed by atoms with E-state index in [-0.39, 0.29) is 0 Å². The van der Waals surface area contributed by atoms with Crippen molar-refractivity contribution in [1.29, 1.82) is 0 Å². The molecule has 0 spiro atoms. The Labute approximate surface area is 86.2 Å². The molecule has 1 atom stereocenters. The summed E-state index contributed by atoms with van der Waals surface area (Å²) in [7, 11) is 0. The first-order chi connectivity index (χ1) is 6.83. The number of hydrogen-bond acceptors (Lipinski definition) is 1. The number of benzene rings is 1. The van der Waals surface area contributed by atoms with Crippen LogP contribution in [0.2, 0.25) is 0 Å². The second-order valence-electron chi connectivity index (χ2n) is 3.48. The minimum atomic E-state index is 0.496. The van der Waals surface area contributed by atoms with Gasteiger partial charge in [0, 0.05) is 6.21 Å². The normalized spacial score (nSPS) is 12.9. The van der Waals surface area contributed by atoms with Crippen molar-refractivity contribution < 1.29 is 0 Å². The molecule has 0 N–H and O–H groups in total. The van der Waals surface area contributed by atoms with Crippen LogP contribution in [-0.2, 0) is 6.54 Å². The van der Waals surface area contributed by atoms with Crippen molar-refractivity contribution in [2.75, 3.05) is 0 Å². The Kier molecular flexibility index (Phi) is 4.70. The highest BCUT2D eigenvalue weighted by molar-refractivity contribution is 5.60. The Morgan fingerprint density at radius 1 is 1.36 bits per heavy atom. The summed E-state index contributed by atoms with van der Waals surface area (Å²) >= 11 is 0. The Morgan fingerprint density at radius 2 is 2.07 bits per heavy atom. The maximum absolute atomic E-state index is 4.39. The molecule has 0 aliphatic carbocycles. The summed E-state index contributed by atoms with van der Waals surface area (Å²) in [6.45, 7) is 6.63. The fraction of sp³-hybridized carbons (Fsp3) is 0.308. The van der Waals surface area contributed by atoms with Gasteiger partial charge in [0.2, 0.25) is 0 Å². The van der Waals surface area contributed by atoms with Crippen LogP contribution in [0, 0.1) is 5.92 Å². The number of aliphatic imine (C=N–C) groups is 1. The lowest BCUT2D eigenvalue weighted by Crippen LogP contribution is -1.93. The first kappa shape index (κ1) is 10.7. The highest BCUT2D eigenvalue weighted by atomic mass is 14.7. The molecule has 0 radical (unpaired) electrons. The lowest BCUT2D eigenvalue weighted by Gasteiger charge is -1.99. The zero-order valence-electron chi connectivity index (χ0n) is 8.69. The van der Waals surface area contributed by atoms with Crippen LogP contribution in [0.15, 0.2) is 48.0 Å². The summed E-state index contributed by atoms with van der Waals surface area (Å²) in [6, 6.07) is 10.3. The molecule has 0 heterocycles. The third-order valence-electron chi connectivity index (χ3n) is 2.02. The van der Waals surface area contributed by atoms with Gasteiger partial charge in [-0.3, -0.25) is 4.99 Å². The van der Waals surface area contributed by atoms with Crippen molar-refractivity contribution in [3.05, 3.63) is 48.6 Å². The van der Waals surface area contributed by atoms with Gasteiger partial charge in [-0.05, 0) is 17.9 Å². The first-order valence-corrected chi connectivity index (χ1v) is 4.97. The van der Waals surface area contributed by atoms with Crippen LogP contribution in [0.4, 0.5) is 0 Å². The summed E-state index contributed by atoms with van der Waals surface area (Å²) in [4.78, 5) is 4.39. The molecule has 0 amide bonds. The topological polar surface area (TPSA) is 12.4 Å². The quantitative estimate of drug-likeness (QED) is 0.494. The summed E-state index contributed by atoms with van der Waals surface area (Å²) in [5, 5.41) is 0. The minimum absolute atomic E-state index is 0.496. The molecule has 1 heteroatoms. The van der Waals surface area contributed by atoms with Gasteiger partial charge < -0.3 is 0 Å². The van der Waals surface area contributed by atoms with Gasteiger partial charge in [0.05, 0.1) is 6.54 Å². The van der Waals surface area contributed by atoms with E-state index in [9.17, 15) is 0 Å². The van der Waals surface area contributed by atoms with Crippen LogP contribution in [0.3, 0.4) is 0 Å². The Morgan fingerprint density at radius 3 is 2.71 bits per heavy atom. The van der Waals surface area contributed by atoms with Crippen LogP contribution >= 0.6 is 0 Å². The van der Waals surface area contributed by atoms with Crippen LogP contribution in [0.1, 0.15) is 18.9 Å². The van der Waals surface area contributed by atoms with Gasteiger partial charge in [-0.15, -0.1) is 6.58 Å². The van der Waals surface area contributed by atoms with E-state index in [0.717, 1.165) is 13.0 Å². The van der Waals surface area contributed by atoms with Crippen LogP contribution < -0.4 is 0 Å². The third-order valence-corrected chi connectivity index (χ3v) is 2.02. The van der Waals surface area contributed by atoms with Crippen molar-refractivity contribution >= 4 is 6.21 Å². The van der Waals surface area contributed by atoms with Gasteiger partial charge in [0.25, 0.3) is 0 Å². The van der Waals surface area contributed by atoms with E-state index in [2.05, 4.69) is 30.6 Å². The smallest absolute Gasteiger partial charge is 0.0635 e. The van der Waals surface area contributed by atoms with Crippen LogP contribution in [-0.4, -0.2) is 6.21 Å². The van der Waals surface area contributed by atoms with Gasteiger partial charge in [-0.1, -0.05) is 43.3 Å². The average Bonchev–Trinajstić information content (AvgIpc) is 2.20. The molecule has 14 heavy (non-hydrogen) atoms. The van der Waals surface area contributed by atoms with Crippen LogP contribution in [0.5, 0.6) is 0 Å². The maximum atomic E-state index is 4.39. The standard InChI is InChI=1S/C13H17N/c1-3-7-12(2)10-14-11-13-8-5-4-6-9-13/h3-6,8-10,12H,1,7,11H2,2H3. The lowest BCUT2D eigenvalue weighted by molar-refractivity contribution is 0.802. The highest BCUT2D eigenvalue weighted by Crippen LogP contribution is 2.02. The summed E-state index contributed by atoms with van der Waals surface area (Å²) < 4.78 is 0. The number of allylic oxidation sites excluding steroid dienone is 1. The summed E-state index contributed by atoms with van der Waals surface area (Å²) in [5.41, 5.74) is 1.26. The number of hydrogen-bond donors (Lipinski definition) is 0. The van der Waals surface area contributed by atoms with E-state index < -0.39 is 0 Å². The molecule has 1 nitrogen and oxygen atoms in total. The SMILES string of the molecule is C=CCC(C)C=NCc1ccccc1. The van der Waals surface area contributed by atoms with Crippen LogP contribution in [0.25, 0.3) is 0 Å². The second kappa shape index (κ2) is 6.14. The molecule has 0 fully saturated rings. The van der Waals surface area contributed by atoms with Gasteiger partial charge in [0.15, 0.2) is 0 Å². The zero-order chi connectivity index (χ0) is 10.2. The van der Waals surface area contributed by atoms with Crippen molar-refractivity contribution in [3.8, 4) is 0 Å². The van der Waals surface area contributed by atoms with E-state index in [0.29, 0.717) is 5.92 Å². The van der Waals surface area contributed by atoms with Crippen molar-refractivity contribution in [1.82, 2.24) is 0 Å². The molecule has 1 rings (SSSR count). The van der Waals surface area contributed by atoms with Crippen molar-refractivity contribution in [2.24, 2.45) is 10.9 Å². The fourth-order valence-electron chi connectivity index (χ4n) is 1.25. The molecule has 0 saturated heterocycles. The summed E-state index contributed by atoms with van der Waals surface area (Å²) in [6.07, 6.45) is 4.94. The first-order valence-electron chi connectivity index (χ1n) is 4.97. The average molecular weight is 187 g/mol. The van der Waals surface area contributed by atoms with E-state index in [1.165, 1.54) is 5.56 Å². The Hall–Kier alpha value is -1.37. The molecule has 0 saturated carbocycles. The minimum Gasteiger partial charge on any atom is -0.292 e. The van der Waals surface area contributed by atoms with Crippen molar-refractivity contribution in [3.63, 3.8) is 0 Å². The van der Waals surface area contributed by atoms with Gasteiger partial charge in [-0.25, -0.2) is 0 Å². The van der Waals surface area contributed by atoms with Gasteiger partial charge in [0.1, 0.15) is 0 Å². The van der Waals surface area contributed by atoms with Crippen molar-refractivity contribution in [2.45, 2.75) is 19.9 Å². The van der Waals surface area contributed by atoms with E-state index in [1.54, 1.807) is 0 Å². The number of nitrogens with zero attached hydrogens (tertiary/aromatic N) is 1. The Balaban J connectivity index is 2.37. The van der Waals surface area contributed by atoms with Gasteiger partial charge >= 0.3 is 0 Å². The molecule has 0 bridgehead atoms. The van der Waals surface area contributed by atoms with Gasteiger partial charge in [-0.2, -0.15) is 0 Å². The molecule has 0 aliphatic heterocycles. The zero-order valence-corrected chi connectivity index (χ0v) is 8.69. The molecule has 0 aliphatic rings. The van der Waals surface area contributed by atoms with E-state index in [4.69, 9.17) is 0 Å². The second-order valence-corrected chi connectivity index (χ2v) is 3.48. The molecule has 1 aromatic rings. The third kappa shape index (κ3) is 4.04. The molecule has 1 unspecified atom stereocenters. The molecule has 0 aromatic heterocycles. The molecule has 1 aromatic carbocycles. The lowest BCUT2D eigenvalue weighted by atomic mass is 10.1. The molecular formula is C13H17N. The predicted octanol–water partition coefficient (Wildman–Crippen LogP) is 3.47. The largest absolute Gasteiger partial charge is 0.292 e. The summed E-state index contributed by atoms with van der Waals surface area (Å²) in [5.74, 6) is 0.496. The monoisotopic (exact) mass is 187 g/mol. The predicted molar refractivity (Wildman–Crippen MR) is 62.6 cm³/mol.